The number of hydrogen-bond acceptors (Lipinski definition) is 14. The number of para-hydroxylation sites is 1. The second-order valence-corrected chi connectivity index (χ2v) is 19.8. The summed E-state index contributed by atoms with van der Waals surface area (Å²) in [6, 6.07) is 18.5. The van der Waals surface area contributed by atoms with Crippen LogP contribution in [0.25, 0.3) is 10.9 Å². The zero-order valence-electron chi connectivity index (χ0n) is 43.9. The molecule has 0 aliphatic heterocycles. The molecule has 1 aromatic heterocycles. The van der Waals surface area contributed by atoms with Gasteiger partial charge in [-0.3, -0.25) is 33.6 Å². The average molecular weight is 1140 g/mol. The molecule has 5 aromatic rings. The molecule has 428 valence electrons. The van der Waals surface area contributed by atoms with Gasteiger partial charge in [-0.1, -0.05) is 91.0 Å². The molecule has 17 N–H and O–H groups in total. The molecule has 0 spiro atoms. The van der Waals surface area contributed by atoms with Crippen molar-refractivity contribution >= 4 is 95.2 Å². The number of nitrogens with two attached hydrogens (primary N) is 3. The van der Waals surface area contributed by atoms with E-state index >= 15 is 0 Å². The smallest absolute Gasteiger partial charge is 0.327 e. The molecule has 80 heavy (non-hydrogen) atoms. The molecule has 0 aliphatic rings. The minimum absolute atomic E-state index is 0.0383. The number of aliphatic hydroxyl groups is 1. The first-order valence-electron chi connectivity index (χ1n) is 25.8. The van der Waals surface area contributed by atoms with Gasteiger partial charge in [0.05, 0.1) is 6.10 Å². The van der Waals surface area contributed by atoms with Crippen LogP contribution in [0, 0.1) is 0 Å². The van der Waals surface area contributed by atoms with Gasteiger partial charge in [-0.25, -0.2) is 9.59 Å². The number of carbonyl (C=O) groups is 9. The number of carbonyl (C=O) groups excluding carboxylic acids is 8. The molecule has 0 saturated carbocycles. The Morgan fingerprint density at radius 1 is 0.512 bits per heavy atom. The molecule has 0 radical (unpaired) electrons. The molecule has 0 aliphatic carbocycles. The van der Waals surface area contributed by atoms with Gasteiger partial charge in [-0.2, -0.15) is 25.3 Å². The molecule has 0 bridgehead atoms. The van der Waals surface area contributed by atoms with E-state index in [9.17, 15) is 53.4 Å². The lowest BCUT2D eigenvalue weighted by Gasteiger charge is -2.29. The second kappa shape index (κ2) is 31.5. The average Bonchev–Trinajstić information content (AvgIpc) is 3.89. The summed E-state index contributed by atoms with van der Waals surface area (Å²) in [5, 5.41) is 42.0. The molecule has 25 heteroatoms. The van der Waals surface area contributed by atoms with Crippen molar-refractivity contribution in [2.24, 2.45) is 11.5 Å². The van der Waals surface area contributed by atoms with Crippen molar-refractivity contribution in [3.8, 4) is 0 Å². The van der Waals surface area contributed by atoms with Crippen LogP contribution in [0.1, 0.15) is 48.4 Å². The first-order chi connectivity index (χ1) is 38.3. The van der Waals surface area contributed by atoms with Crippen LogP contribution in [0.3, 0.4) is 0 Å². The van der Waals surface area contributed by atoms with Crippen LogP contribution in [-0.2, 0) is 64.0 Å². The van der Waals surface area contributed by atoms with Gasteiger partial charge in [0, 0.05) is 60.0 Å². The van der Waals surface area contributed by atoms with Gasteiger partial charge < -0.3 is 74.9 Å². The molecule has 0 saturated heterocycles. The Morgan fingerprint density at radius 3 is 1.41 bits per heavy atom. The number of rotatable bonds is 31. The summed E-state index contributed by atoms with van der Waals surface area (Å²) >= 11 is 8.19. The maximum absolute atomic E-state index is 14.9. The van der Waals surface area contributed by atoms with Gasteiger partial charge in [0.1, 0.15) is 48.3 Å². The highest BCUT2D eigenvalue weighted by Crippen LogP contribution is 2.20. The molecular formula is C55H70N12O11S2. The van der Waals surface area contributed by atoms with E-state index in [0.29, 0.717) is 51.7 Å². The number of H-pyrrole nitrogens is 1. The molecule has 9 amide bonds. The summed E-state index contributed by atoms with van der Waals surface area (Å²) in [5.41, 5.74) is 20.6. The summed E-state index contributed by atoms with van der Waals surface area (Å²) in [7, 11) is 0. The number of amides is 9. The SMILES string of the molecule is C[C@@H](O)[C@H](NC(=O)[C@H](CCCCN)NC(=O)[C@H](Cc1c[nH]c2ccccc12)NC(=O)[C@H](Cc1ccc(N)cc1)NC(=O)[C@H](Cc1ccccc1)NC(=O)[C@H](CS)NC(N)=O)C(=O)N[C@@H](Cc1ccccc1)C(=O)N[C@@H](CS)C(=O)O. The first-order valence-corrected chi connectivity index (χ1v) is 27.1. The number of nitrogens with one attached hydrogen (secondary N) is 9. The van der Waals surface area contributed by atoms with E-state index in [1.807, 2.05) is 12.1 Å². The first kappa shape index (κ1) is 62.7. The number of aliphatic carboxylic acids is 1. The number of thiol groups is 2. The number of unbranched alkanes of at least 4 members (excludes halogenated alkanes) is 1. The third-order valence-electron chi connectivity index (χ3n) is 12.9. The van der Waals surface area contributed by atoms with Crippen LogP contribution in [0.5, 0.6) is 0 Å². The normalized spacial score (nSPS) is 14.5. The standard InChI is InChI=1S/C55H70N12O11S2/c1-31(68)46(53(75)64-42(25-33-14-6-3-7-15-33)50(72)65-45(30-80)54(76)77)67-47(69)39(18-10-11-23-56)60-51(73)43(27-35-28-59-38-17-9-8-16-37(35)38)63-49(71)41(26-34-19-21-36(57)22-20-34)61-48(70)40(24-32-12-4-2-5-13-32)62-52(74)44(29-79)66-55(58)78/h2-9,12-17,19-22,28,31,39-46,59,68,79-80H,10-11,18,23-27,29-30,56-57H2,1H3,(H,60,73)(H,61,70)(H,62,74)(H,63,71)(H,64,75)(H,65,72)(H,67,69)(H,76,77)(H3,58,66,78)/t31-,39+,40+,41+,42+,43+,44+,45+,46+/m1/s1. The largest absolute Gasteiger partial charge is 0.480 e. The minimum atomic E-state index is -1.72. The van der Waals surface area contributed by atoms with Crippen molar-refractivity contribution in [2.75, 3.05) is 23.8 Å². The maximum Gasteiger partial charge on any atom is 0.327 e. The fraction of sp³-hybridized carbons (Fsp3) is 0.364. The Hall–Kier alpha value is -8.13. The maximum atomic E-state index is 14.9. The number of aromatic amines is 1. The summed E-state index contributed by atoms with van der Waals surface area (Å²) in [6.07, 6.45) is 0.260. The molecule has 4 aromatic carbocycles. The number of urea groups is 1. The van der Waals surface area contributed by atoms with E-state index in [0.717, 1.165) is 0 Å². The van der Waals surface area contributed by atoms with Crippen LogP contribution in [0.4, 0.5) is 10.5 Å². The van der Waals surface area contributed by atoms with Gasteiger partial charge in [0.15, 0.2) is 0 Å². The molecular weight excluding hydrogens is 1070 g/mol. The highest BCUT2D eigenvalue weighted by molar-refractivity contribution is 7.80. The number of benzene rings is 4. The predicted octanol–water partition coefficient (Wildman–Crippen LogP) is -0.0948. The second-order valence-electron chi connectivity index (χ2n) is 19.0. The Kier molecular flexibility index (Phi) is 24.7. The van der Waals surface area contributed by atoms with Crippen molar-refractivity contribution in [3.05, 3.63) is 138 Å². The molecule has 23 nitrogen and oxygen atoms in total. The van der Waals surface area contributed by atoms with E-state index < -0.39 is 108 Å². The van der Waals surface area contributed by atoms with Gasteiger partial charge in [0.25, 0.3) is 0 Å². The lowest BCUT2D eigenvalue weighted by atomic mass is 10.00. The zero-order valence-corrected chi connectivity index (χ0v) is 45.7. The number of hydrogen-bond donors (Lipinski definition) is 16. The molecule has 9 atom stereocenters. The highest BCUT2D eigenvalue weighted by atomic mass is 32.1. The molecule has 1 heterocycles. The lowest BCUT2D eigenvalue weighted by Crippen LogP contribution is -2.62. The number of carboxylic acids is 1. The number of nitrogen functional groups attached to an aromatic ring is 1. The fourth-order valence-electron chi connectivity index (χ4n) is 8.54. The van der Waals surface area contributed by atoms with Crippen LogP contribution >= 0.6 is 25.3 Å². The number of carboxylic acid groups (broad SMARTS) is 1. The number of fused-ring (bicyclic) bond motifs is 1. The molecule has 0 fully saturated rings. The van der Waals surface area contributed by atoms with E-state index in [1.54, 1.807) is 103 Å². The molecule has 5 rings (SSSR count). The number of aliphatic hydroxyl groups excluding tert-OH is 1. The summed E-state index contributed by atoms with van der Waals surface area (Å²) in [4.78, 5) is 127. The van der Waals surface area contributed by atoms with E-state index in [1.165, 1.54) is 6.92 Å². The number of primary amides is 1. The van der Waals surface area contributed by atoms with Crippen molar-refractivity contribution in [3.63, 3.8) is 0 Å². The van der Waals surface area contributed by atoms with Crippen molar-refractivity contribution in [1.82, 2.24) is 47.5 Å². The van der Waals surface area contributed by atoms with E-state index in [2.05, 4.69) is 72.8 Å². The zero-order chi connectivity index (χ0) is 58.3. The van der Waals surface area contributed by atoms with Crippen LogP contribution < -0.4 is 59.7 Å². The Labute approximate surface area is 473 Å². The third-order valence-corrected chi connectivity index (χ3v) is 13.6. The molecule has 0 unspecified atom stereocenters. The summed E-state index contributed by atoms with van der Waals surface area (Å²) in [6.45, 7) is 1.45. The number of aromatic nitrogens is 1. The highest BCUT2D eigenvalue weighted by Gasteiger charge is 2.36. The topological polar surface area (TPSA) is 384 Å². The van der Waals surface area contributed by atoms with Crippen LogP contribution in [-0.4, -0.2) is 141 Å². The van der Waals surface area contributed by atoms with E-state index in [4.69, 9.17) is 17.2 Å². The van der Waals surface area contributed by atoms with Gasteiger partial charge in [0.2, 0.25) is 41.4 Å². The van der Waals surface area contributed by atoms with Crippen LogP contribution in [0.2, 0.25) is 0 Å². The number of anilines is 1. The fourth-order valence-corrected chi connectivity index (χ4v) is 9.05. The van der Waals surface area contributed by atoms with Gasteiger partial charge in [-0.15, -0.1) is 0 Å². The van der Waals surface area contributed by atoms with Crippen LogP contribution in [0.15, 0.2) is 115 Å². The minimum Gasteiger partial charge on any atom is -0.480 e. The van der Waals surface area contributed by atoms with Crippen molar-refractivity contribution in [2.45, 2.75) is 106 Å². The predicted molar refractivity (Wildman–Crippen MR) is 307 cm³/mol. The Balaban J connectivity index is 1.47. The Bertz CT molecular complexity index is 2900. The quantitative estimate of drug-likeness (QED) is 0.0157. The summed E-state index contributed by atoms with van der Waals surface area (Å²) < 4.78 is 0. The summed E-state index contributed by atoms with van der Waals surface area (Å²) in [5.74, 6) is -7.93. The third kappa shape index (κ3) is 19.3. The lowest BCUT2D eigenvalue weighted by molar-refractivity contribution is -0.141. The monoisotopic (exact) mass is 1140 g/mol. The van der Waals surface area contributed by atoms with E-state index in [-0.39, 0.29) is 50.2 Å². The van der Waals surface area contributed by atoms with Gasteiger partial charge >= 0.3 is 12.0 Å². The van der Waals surface area contributed by atoms with Crippen molar-refractivity contribution < 1.29 is 53.4 Å². The Morgan fingerprint density at radius 2 is 0.938 bits per heavy atom. The van der Waals surface area contributed by atoms with Gasteiger partial charge in [-0.05, 0) is 73.2 Å². The van der Waals surface area contributed by atoms with Crippen molar-refractivity contribution in [1.29, 1.82) is 0 Å².